The second kappa shape index (κ2) is 11.8. The third-order valence-corrected chi connectivity index (χ3v) is 4.09. The third kappa shape index (κ3) is 11.6. The number of hydrogen-bond acceptors (Lipinski definition) is 3. The third-order valence-electron chi connectivity index (χ3n) is 4.09. The van der Waals surface area contributed by atoms with Crippen molar-refractivity contribution in [2.75, 3.05) is 13.1 Å². The predicted octanol–water partition coefficient (Wildman–Crippen LogP) is 4.13. The Bertz CT molecular complexity index is 275. The van der Waals surface area contributed by atoms with Crippen LogP contribution in [0.4, 0.5) is 0 Å². The molecule has 0 aromatic carbocycles. The van der Waals surface area contributed by atoms with Crippen molar-refractivity contribution in [1.82, 2.24) is 5.32 Å². The SMILES string of the molecule is CC(C)CCCCCCNCCCCC(C)(C)C(N)=NO. The van der Waals surface area contributed by atoms with E-state index in [2.05, 4.69) is 24.3 Å². The first-order chi connectivity index (χ1) is 9.90. The second-order valence-electron chi connectivity index (χ2n) is 7.17. The molecule has 0 radical (unpaired) electrons. The van der Waals surface area contributed by atoms with Gasteiger partial charge in [-0.05, 0) is 38.3 Å². The number of rotatable bonds is 13. The highest BCUT2D eigenvalue weighted by atomic mass is 16.4. The van der Waals surface area contributed by atoms with E-state index in [9.17, 15) is 0 Å². The van der Waals surface area contributed by atoms with E-state index in [1.807, 2.05) is 13.8 Å². The van der Waals surface area contributed by atoms with Crippen LogP contribution in [0.15, 0.2) is 5.16 Å². The lowest BCUT2D eigenvalue weighted by molar-refractivity contribution is 0.304. The summed E-state index contributed by atoms with van der Waals surface area (Å²) in [5, 5.41) is 15.3. The molecule has 4 nitrogen and oxygen atoms in total. The summed E-state index contributed by atoms with van der Waals surface area (Å²) in [6.07, 6.45) is 9.95. The number of oxime groups is 1. The van der Waals surface area contributed by atoms with Crippen molar-refractivity contribution < 1.29 is 5.21 Å². The summed E-state index contributed by atoms with van der Waals surface area (Å²) in [5.41, 5.74) is 5.47. The Labute approximate surface area is 131 Å². The summed E-state index contributed by atoms with van der Waals surface area (Å²) in [5.74, 6) is 1.18. The highest BCUT2D eigenvalue weighted by Crippen LogP contribution is 2.23. The molecule has 0 aromatic rings. The topological polar surface area (TPSA) is 70.6 Å². The fraction of sp³-hybridized carbons (Fsp3) is 0.941. The molecule has 0 heterocycles. The minimum absolute atomic E-state index is 0.203. The van der Waals surface area contributed by atoms with Gasteiger partial charge in [-0.25, -0.2) is 0 Å². The van der Waals surface area contributed by atoms with Crippen LogP contribution in [-0.2, 0) is 0 Å². The van der Waals surface area contributed by atoms with Crippen LogP contribution in [0.25, 0.3) is 0 Å². The molecule has 4 N–H and O–H groups in total. The van der Waals surface area contributed by atoms with E-state index in [4.69, 9.17) is 10.9 Å². The molecule has 0 fully saturated rings. The molecule has 0 amide bonds. The molecule has 0 rings (SSSR count). The van der Waals surface area contributed by atoms with Gasteiger partial charge in [-0.1, -0.05) is 65.0 Å². The fourth-order valence-corrected chi connectivity index (χ4v) is 2.36. The average molecular weight is 300 g/mol. The van der Waals surface area contributed by atoms with Gasteiger partial charge in [0.25, 0.3) is 0 Å². The van der Waals surface area contributed by atoms with Crippen LogP contribution in [0.3, 0.4) is 0 Å². The van der Waals surface area contributed by atoms with Gasteiger partial charge in [0.1, 0.15) is 5.84 Å². The van der Waals surface area contributed by atoms with Crippen LogP contribution >= 0.6 is 0 Å². The van der Waals surface area contributed by atoms with E-state index >= 15 is 0 Å². The average Bonchev–Trinajstić information content (AvgIpc) is 2.43. The summed E-state index contributed by atoms with van der Waals surface area (Å²) in [4.78, 5) is 0. The van der Waals surface area contributed by atoms with Gasteiger partial charge in [0.2, 0.25) is 0 Å². The molecule has 126 valence electrons. The quantitative estimate of drug-likeness (QED) is 0.157. The van der Waals surface area contributed by atoms with Crippen molar-refractivity contribution in [3.8, 4) is 0 Å². The summed E-state index contributed by atoms with van der Waals surface area (Å²) < 4.78 is 0. The standard InChI is InChI=1S/C17H37N3O/c1-15(2)11-7-5-6-9-13-19-14-10-8-12-17(3,4)16(18)20-21/h15,19,21H,5-14H2,1-4H3,(H2,18,20). The summed E-state index contributed by atoms with van der Waals surface area (Å²) in [6, 6.07) is 0. The van der Waals surface area contributed by atoms with Gasteiger partial charge in [0.05, 0.1) is 0 Å². The Hall–Kier alpha value is -0.770. The normalized spacial score (nSPS) is 13.1. The van der Waals surface area contributed by atoms with E-state index < -0.39 is 0 Å². The molecular weight excluding hydrogens is 262 g/mol. The Balaban J connectivity index is 3.34. The Kier molecular flexibility index (Phi) is 11.4. The molecule has 4 heteroatoms. The summed E-state index contributed by atoms with van der Waals surface area (Å²) in [7, 11) is 0. The molecule has 0 aromatic heterocycles. The minimum Gasteiger partial charge on any atom is -0.409 e. The molecule has 0 bridgehead atoms. The first kappa shape index (κ1) is 20.2. The van der Waals surface area contributed by atoms with Gasteiger partial charge in [0, 0.05) is 5.41 Å². The maximum Gasteiger partial charge on any atom is 0.144 e. The number of amidine groups is 1. The first-order valence-corrected chi connectivity index (χ1v) is 8.59. The Morgan fingerprint density at radius 2 is 1.62 bits per heavy atom. The highest BCUT2D eigenvalue weighted by Gasteiger charge is 2.22. The molecule has 0 aliphatic heterocycles. The van der Waals surface area contributed by atoms with Crippen LogP contribution in [0.2, 0.25) is 0 Å². The van der Waals surface area contributed by atoms with Gasteiger partial charge in [0.15, 0.2) is 0 Å². The molecule has 0 atom stereocenters. The van der Waals surface area contributed by atoms with E-state index in [1.165, 1.54) is 32.1 Å². The van der Waals surface area contributed by atoms with Gasteiger partial charge in [-0.3, -0.25) is 0 Å². The van der Waals surface area contributed by atoms with Crippen LogP contribution in [0.5, 0.6) is 0 Å². The molecule has 0 unspecified atom stereocenters. The van der Waals surface area contributed by atoms with E-state index in [0.29, 0.717) is 5.84 Å². The van der Waals surface area contributed by atoms with E-state index in [1.54, 1.807) is 0 Å². The minimum atomic E-state index is -0.203. The number of unbranched alkanes of at least 4 members (excludes halogenated alkanes) is 4. The zero-order valence-electron chi connectivity index (χ0n) is 14.6. The lowest BCUT2D eigenvalue weighted by Gasteiger charge is -2.22. The number of nitrogens with two attached hydrogens (primary N) is 1. The van der Waals surface area contributed by atoms with Crippen LogP contribution < -0.4 is 11.1 Å². The maximum absolute atomic E-state index is 8.71. The van der Waals surface area contributed by atoms with Crippen molar-refractivity contribution in [1.29, 1.82) is 0 Å². The molecule has 0 aliphatic rings. The van der Waals surface area contributed by atoms with Crippen molar-refractivity contribution in [3.05, 3.63) is 0 Å². The zero-order valence-corrected chi connectivity index (χ0v) is 14.6. The highest BCUT2D eigenvalue weighted by molar-refractivity contribution is 5.85. The zero-order chi connectivity index (χ0) is 16.1. The van der Waals surface area contributed by atoms with Gasteiger partial charge in [-0.2, -0.15) is 0 Å². The Morgan fingerprint density at radius 3 is 2.19 bits per heavy atom. The van der Waals surface area contributed by atoms with Crippen molar-refractivity contribution >= 4 is 5.84 Å². The number of nitrogens with zero attached hydrogens (tertiary/aromatic N) is 1. The van der Waals surface area contributed by atoms with E-state index in [0.717, 1.165) is 38.3 Å². The predicted molar refractivity (Wildman–Crippen MR) is 91.8 cm³/mol. The molecular formula is C17H37N3O. The molecule has 0 spiro atoms. The van der Waals surface area contributed by atoms with Crippen LogP contribution in [-0.4, -0.2) is 24.1 Å². The van der Waals surface area contributed by atoms with Gasteiger partial charge in [-0.15, -0.1) is 0 Å². The molecule has 0 aliphatic carbocycles. The summed E-state index contributed by atoms with van der Waals surface area (Å²) >= 11 is 0. The monoisotopic (exact) mass is 299 g/mol. The van der Waals surface area contributed by atoms with Crippen LogP contribution in [0, 0.1) is 11.3 Å². The van der Waals surface area contributed by atoms with Crippen molar-refractivity contribution in [2.45, 2.75) is 79.1 Å². The maximum atomic E-state index is 8.71. The molecule has 0 saturated carbocycles. The Morgan fingerprint density at radius 1 is 1.05 bits per heavy atom. The number of hydrogen-bond donors (Lipinski definition) is 3. The largest absolute Gasteiger partial charge is 0.409 e. The van der Waals surface area contributed by atoms with E-state index in [-0.39, 0.29) is 5.41 Å². The van der Waals surface area contributed by atoms with Crippen LogP contribution in [0.1, 0.15) is 79.1 Å². The first-order valence-electron chi connectivity index (χ1n) is 8.59. The molecule has 0 saturated heterocycles. The lowest BCUT2D eigenvalue weighted by atomic mass is 9.86. The van der Waals surface area contributed by atoms with Crippen molar-refractivity contribution in [3.63, 3.8) is 0 Å². The molecule has 21 heavy (non-hydrogen) atoms. The van der Waals surface area contributed by atoms with Gasteiger partial charge >= 0.3 is 0 Å². The second-order valence-corrected chi connectivity index (χ2v) is 7.17. The lowest BCUT2D eigenvalue weighted by Crippen LogP contribution is -2.32. The summed E-state index contributed by atoms with van der Waals surface area (Å²) in [6.45, 7) is 10.8. The fourth-order valence-electron chi connectivity index (χ4n) is 2.36. The van der Waals surface area contributed by atoms with Gasteiger partial charge < -0.3 is 16.3 Å². The smallest absolute Gasteiger partial charge is 0.144 e. The number of nitrogens with one attached hydrogen (secondary N) is 1. The van der Waals surface area contributed by atoms with Crippen molar-refractivity contribution in [2.24, 2.45) is 22.2 Å².